The van der Waals surface area contributed by atoms with Crippen LogP contribution in [0.5, 0.6) is 0 Å². The van der Waals surface area contributed by atoms with Crippen LogP contribution in [0.15, 0.2) is 48.0 Å². The molecule has 0 saturated heterocycles. The van der Waals surface area contributed by atoms with Gasteiger partial charge in [0.25, 0.3) is 0 Å². The summed E-state index contributed by atoms with van der Waals surface area (Å²) in [6.45, 7) is 6.17. The average Bonchev–Trinajstić information content (AvgIpc) is 2.57. The molecule has 0 bridgehead atoms. The second kappa shape index (κ2) is 8.11. The van der Waals surface area contributed by atoms with Gasteiger partial charge in [0, 0.05) is 12.5 Å². The highest BCUT2D eigenvalue weighted by molar-refractivity contribution is 5.56. The van der Waals surface area contributed by atoms with Gasteiger partial charge in [0.05, 0.1) is 0 Å². The number of nitrogens with zero attached hydrogens (tertiary/aromatic N) is 1. The largest absolute Gasteiger partial charge is 0.380 e. The first-order chi connectivity index (χ1) is 12.1. The van der Waals surface area contributed by atoms with Gasteiger partial charge in [-0.2, -0.15) is 0 Å². The fourth-order valence-electron chi connectivity index (χ4n) is 3.38. The van der Waals surface area contributed by atoms with Crippen LogP contribution in [0.25, 0.3) is 6.08 Å². The second-order valence-electron chi connectivity index (χ2n) is 7.27. The monoisotopic (exact) mass is 359 g/mol. The number of hydrogen-bond acceptors (Lipinski definition) is 2. The Morgan fingerprint density at radius 1 is 1.15 bits per heavy atom. The molecule has 2 aromatic carbocycles. The molecule has 0 aliphatic rings. The summed E-state index contributed by atoms with van der Waals surface area (Å²) in [6, 6.07) is 10.9. The summed E-state index contributed by atoms with van der Waals surface area (Å²) in [7, 11) is 3.90. The lowest BCUT2D eigenvalue weighted by Gasteiger charge is -2.37. The van der Waals surface area contributed by atoms with Crippen molar-refractivity contribution in [1.82, 2.24) is 4.90 Å². The Hall–Kier alpha value is -2.04. The van der Waals surface area contributed by atoms with Crippen molar-refractivity contribution in [2.24, 2.45) is 5.92 Å². The van der Waals surface area contributed by atoms with Crippen molar-refractivity contribution in [2.45, 2.75) is 26.4 Å². The normalized spacial score (nSPS) is 15.8. The van der Waals surface area contributed by atoms with Crippen LogP contribution in [-0.4, -0.2) is 30.6 Å². The highest BCUT2D eigenvalue weighted by Crippen LogP contribution is 2.38. The first-order valence-electron chi connectivity index (χ1n) is 8.72. The number of benzene rings is 2. The minimum Gasteiger partial charge on any atom is -0.380 e. The van der Waals surface area contributed by atoms with Gasteiger partial charge in [0.15, 0.2) is 0 Å². The maximum Gasteiger partial charge on any atom is 0.126 e. The fourth-order valence-corrected chi connectivity index (χ4v) is 3.38. The van der Waals surface area contributed by atoms with Gasteiger partial charge in [0.1, 0.15) is 17.2 Å². The van der Waals surface area contributed by atoms with Gasteiger partial charge < -0.3 is 10.0 Å². The zero-order chi connectivity index (χ0) is 19.5. The van der Waals surface area contributed by atoms with E-state index in [-0.39, 0.29) is 17.6 Å². The minimum atomic E-state index is -1.27. The second-order valence-corrected chi connectivity index (χ2v) is 7.27. The van der Waals surface area contributed by atoms with Crippen molar-refractivity contribution in [3.05, 3.63) is 76.4 Å². The molecule has 0 spiro atoms. The van der Waals surface area contributed by atoms with E-state index in [4.69, 9.17) is 0 Å². The van der Waals surface area contributed by atoms with Crippen molar-refractivity contribution in [1.29, 1.82) is 0 Å². The zero-order valence-electron chi connectivity index (χ0n) is 16.1. The lowest BCUT2D eigenvalue weighted by Crippen LogP contribution is -2.40. The highest BCUT2D eigenvalue weighted by Gasteiger charge is 2.38. The van der Waals surface area contributed by atoms with Crippen molar-refractivity contribution >= 4 is 6.08 Å². The molecule has 2 nitrogen and oxygen atoms in total. The topological polar surface area (TPSA) is 23.5 Å². The van der Waals surface area contributed by atoms with Crippen LogP contribution in [0, 0.1) is 24.5 Å². The molecule has 0 aliphatic carbocycles. The lowest BCUT2D eigenvalue weighted by molar-refractivity contribution is 0.0104. The van der Waals surface area contributed by atoms with Crippen LogP contribution in [0.3, 0.4) is 0 Å². The summed E-state index contributed by atoms with van der Waals surface area (Å²) in [4.78, 5) is 2.01. The van der Waals surface area contributed by atoms with Crippen LogP contribution in [0.1, 0.15) is 30.5 Å². The lowest BCUT2D eigenvalue weighted by atomic mass is 9.76. The Balaban J connectivity index is 2.54. The Bertz CT molecular complexity index is 783. The molecule has 0 heterocycles. The Morgan fingerprint density at radius 2 is 1.77 bits per heavy atom. The Morgan fingerprint density at radius 3 is 2.31 bits per heavy atom. The van der Waals surface area contributed by atoms with Crippen LogP contribution in [0.2, 0.25) is 0 Å². The van der Waals surface area contributed by atoms with Crippen molar-refractivity contribution < 1.29 is 13.9 Å². The molecule has 2 unspecified atom stereocenters. The van der Waals surface area contributed by atoms with Gasteiger partial charge in [-0.25, -0.2) is 8.78 Å². The van der Waals surface area contributed by atoms with Crippen molar-refractivity contribution in [3.63, 3.8) is 0 Å². The molecule has 0 fully saturated rings. The predicted molar refractivity (Wildman–Crippen MR) is 103 cm³/mol. The molecule has 1 N–H and O–H groups in total. The molecule has 0 saturated carbocycles. The molecule has 2 rings (SSSR count). The van der Waals surface area contributed by atoms with Gasteiger partial charge in [-0.3, -0.25) is 0 Å². The van der Waals surface area contributed by atoms with E-state index in [1.807, 2.05) is 38.9 Å². The summed E-state index contributed by atoms with van der Waals surface area (Å²) in [5.41, 5.74) is 1.41. The van der Waals surface area contributed by atoms with E-state index in [2.05, 4.69) is 0 Å². The first-order valence-corrected chi connectivity index (χ1v) is 8.72. The summed E-state index contributed by atoms with van der Waals surface area (Å²) >= 11 is 0. The van der Waals surface area contributed by atoms with E-state index in [0.717, 1.165) is 11.1 Å². The number of hydrogen-bond donors (Lipinski definition) is 1. The maximum atomic E-state index is 13.7. The fraction of sp³-hybridized carbons (Fsp3) is 0.364. The molecular weight excluding hydrogens is 332 g/mol. The molecule has 4 heteroatoms. The van der Waals surface area contributed by atoms with Crippen LogP contribution < -0.4 is 0 Å². The van der Waals surface area contributed by atoms with E-state index in [1.54, 1.807) is 31.2 Å². The van der Waals surface area contributed by atoms with E-state index < -0.39 is 5.60 Å². The number of rotatable bonds is 6. The van der Waals surface area contributed by atoms with Crippen LogP contribution >= 0.6 is 0 Å². The first kappa shape index (κ1) is 20.3. The number of aliphatic hydroxyl groups is 1. The van der Waals surface area contributed by atoms with Gasteiger partial charge in [-0.1, -0.05) is 31.2 Å². The SMILES string of the molecule is C/C(=C/c1ccc(F)cc1)C(O)(c1ccc(F)c(C)c1)C(C)CN(C)C. The van der Waals surface area contributed by atoms with E-state index in [0.29, 0.717) is 17.7 Å². The Kier molecular flexibility index (Phi) is 6.32. The summed E-state index contributed by atoms with van der Waals surface area (Å²) in [6.07, 6.45) is 1.85. The van der Waals surface area contributed by atoms with Gasteiger partial charge in [-0.15, -0.1) is 0 Å². The molecule has 0 radical (unpaired) electrons. The number of halogens is 2. The van der Waals surface area contributed by atoms with Gasteiger partial charge >= 0.3 is 0 Å². The zero-order valence-corrected chi connectivity index (χ0v) is 16.1. The highest BCUT2D eigenvalue weighted by atomic mass is 19.1. The summed E-state index contributed by atoms with van der Waals surface area (Å²) in [5.74, 6) is -0.735. The molecule has 2 atom stereocenters. The molecule has 2 aromatic rings. The molecule has 140 valence electrons. The Labute approximate surface area is 154 Å². The molecule has 26 heavy (non-hydrogen) atoms. The summed E-state index contributed by atoms with van der Waals surface area (Å²) < 4.78 is 26.9. The molecular formula is C22H27F2NO. The number of aryl methyl sites for hydroxylation is 1. The smallest absolute Gasteiger partial charge is 0.126 e. The minimum absolute atomic E-state index is 0.140. The van der Waals surface area contributed by atoms with Crippen LogP contribution in [-0.2, 0) is 5.60 Å². The third-order valence-electron chi connectivity index (χ3n) is 4.80. The standard InChI is InChI=1S/C22H27F2NO/c1-15-12-19(8-11-21(15)24)22(26,17(3)14-25(4)5)16(2)13-18-6-9-20(23)10-7-18/h6-13,17,26H,14H2,1-5H3/b16-13-. The predicted octanol–water partition coefficient (Wildman–Crippen LogP) is 4.76. The molecule has 0 aliphatic heterocycles. The van der Waals surface area contributed by atoms with Crippen LogP contribution in [0.4, 0.5) is 8.78 Å². The quantitative estimate of drug-likeness (QED) is 0.804. The molecule has 0 amide bonds. The maximum absolute atomic E-state index is 13.7. The average molecular weight is 359 g/mol. The van der Waals surface area contributed by atoms with Crippen molar-refractivity contribution in [2.75, 3.05) is 20.6 Å². The van der Waals surface area contributed by atoms with E-state index >= 15 is 0 Å². The van der Waals surface area contributed by atoms with E-state index in [9.17, 15) is 13.9 Å². The third kappa shape index (κ3) is 4.37. The third-order valence-corrected chi connectivity index (χ3v) is 4.80. The van der Waals surface area contributed by atoms with Crippen molar-refractivity contribution in [3.8, 4) is 0 Å². The summed E-state index contributed by atoms with van der Waals surface area (Å²) in [5, 5.41) is 11.7. The van der Waals surface area contributed by atoms with E-state index in [1.165, 1.54) is 18.2 Å². The van der Waals surface area contributed by atoms with Gasteiger partial charge in [-0.05, 0) is 74.5 Å². The molecule has 0 aromatic heterocycles. The van der Waals surface area contributed by atoms with Gasteiger partial charge in [0.2, 0.25) is 0 Å².